The van der Waals surface area contributed by atoms with Crippen LogP contribution in [0, 0.1) is 0 Å². The first-order chi connectivity index (χ1) is 6.61. The summed E-state index contributed by atoms with van der Waals surface area (Å²) in [6.45, 7) is 6.92. The summed E-state index contributed by atoms with van der Waals surface area (Å²) in [5, 5.41) is 0. The fourth-order valence-corrected chi connectivity index (χ4v) is 1.96. The fraction of sp³-hybridized carbons (Fsp3) is 0.889. The molecule has 1 aliphatic heterocycles. The number of carbonyl (C=O) groups excluding carboxylic acids is 1. The van der Waals surface area contributed by atoms with Crippen LogP contribution in [-0.2, 0) is 9.53 Å². The third-order valence-electron chi connectivity index (χ3n) is 2.48. The van der Waals surface area contributed by atoms with Crippen LogP contribution in [0.3, 0.4) is 0 Å². The van der Waals surface area contributed by atoms with Gasteiger partial charge in [-0.1, -0.05) is 0 Å². The van der Waals surface area contributed by atoms with Gasteiger partial charge in [0.15, 0.2) is 0 Å². The van der Waals surface area contributed by atoms with Gasteiger partial charge in [-0.15, -0.1) is 0 Å². The van der Waals surface area contributed by atoms with Gasteiger partial charge in [-0.3, -0.25) is 10.2 Å². The number of carbonyl (C=O) groups is 1. The van der Waals surface area contributed by atoms with Crippen molar-refractivity contribution in [3.8, 4) is 0 Å². The lowest BCUT2D eigenvalue weighted by molar-refractivity contribution is -0.914. The van der Waals surface area contributed by atoms with Crippen LogP contribution in [0.2, 0.25) is 0 Å². The molecule has 4 N–H and O–H groups in total. The van der Waals surface area contributed by atoms with Gasteiger partial charge in [0, 0.05) is 0 Å². The molecule has 2 atom stereocenters. The lowest BCUT2D eigenvalue weighted by atomic mass is 10.2. The molecule has 5 heteroatoms. The van der Waals surface area contributed by atoms with E-state index in [1.54, 1.807) is 0 Å². The molecule has 0 saturated carbocycles. The molecule has 0 aromatic heterocycles. The van der Waals surface area contributed by atoms with Gasteiger partial charge in [0.2, 0.25) is 5.91 Å². The molecular formula is C9H20N3O2+. The maximum atomic E-state index is 10.9. The highest BCUT2D eigenvalue weighted by Crippen LogP contribution is 1.98. The van der Waals surface area contributed by atoms with Crippen molar-refractivity contribution in [1.29, 1.82) is 0 Å². The summed E-state index contributed by atoms with van der Waals surface area (Å²) in [7, 11) is 0. The Morgan fingerprint density at radius 1 is 1.50 bits per heavy atom. The molecule has 5 nitrogen and oxygen atoms in total. The number of rotatable bonds is 3. The Morgan fingerprint density at radius 3 is 2.57 bits per heavy atom. The van der Waals surface area contributed by atoms with Crippen LogP contribution in [-0.4, -0.2) is 37.7 Å². The molecule has 0 aromatic carbocycles. The molecule has 0 unspecified atom stereocenters. The SMILES string of the molecule is C[C@@H]1C[NH+](CCC(=O)NN)C[C@@H](C)O1. The predicted molar refractivity (Wildman–Crippen MR) is 52.5 cm³/mol. The Bertz CT molecular complexity index is 188. The molecule has 0 aliphatic carbocycles. The zero-order valence-electron chi connectivity index (χ0n) is 8.88. The highest BCUT2D eigenvalue weighted by Gasteiger charge is 2.25. The van der Waals surface area contributed by atoms with E-state index in [0.717, 1.165) is 19.6 Å². The highest BCUT2D eigenvalue weighted by molar-refractivity contribution is 5.75. The van der Waals surface area contributed by atoms with Gasteiger partial charge < -0.3 is 9.64 Å². The van der Waals surface area contributed by atoms with Gasteiger partial charge >= 0.3 is 0 Å². The largest absolute Gasteiger partial charge is 0.364 e. The molecule has 1 heterocycles. The van der Waals surface area contributed by atoms with Crippen LogP contribution in [0.15, 0.2) is 0 Å². The second-order valence-electron chi connectivity index (χ2n) is 3.98. The predicted octanol–water partition coefficient (Wildman–Crippen LogP) is -1.94. The molecule has 1 saturated heterocycles. The molecule has 0 bridgehead atoms. The van der Waals surface area contributed by atoms with Gasteiger partial charge in [0.25, 0.3) is 0 Å². The molecule has 1 aliphatic rings. The van der Waals surface area contributed by atoms with Crippen molar-refractivity contribution in [2.24, 2.45) is 5.84 Å². The van der Waals surface area contributed by atoms with Crippen LogP contribution < -0.4 is 16.2 Å². The van der Waals surface area contributed by atoms with Crippen molar-refractivity contribution < 1.29 is 14.4 Å². The normalized spacial score (nSPS) is 32.6. The minimum atomic E-state index is -0.0932. The third-order valence-corrected chi connectivity index (χ3v) is 2.48. The van der Waals surface area contributed by atoms with Gasteiger partial charge in [-0.25, -0.2) is 5.84 Å². The van der Waals surface area contributed by atoms with Crippen molar-refractivity contribution in [1.82, 2.24) is 5.43 Å². The maximum Gasteiger partial charge on any atom is 0.239 e. The van der Waals surface area contributed by atoms with E-state index in [2.05, 4.69) is 19.3 Å². The van der Waals surface area contributed by atoms with E-state index >= 15 is 0 Å². The van der Waals surface area contributed by atoms with Crippen molar-refractivity contribution in [3.05, 3.63) is 0 Å². The van der Waals surface area contributed by atoms with Crippen LogP contribution in [0.1, 0.15) is 20.3 Å². The third kappa shape index (κ3) is 3.61. The van der Waals surface area contributed by atoms with Crippen LogP contribution in [0.5, 0.6) is 0 Å². The minimum absolute atomic E-state index is 0.0932. The summed E-state index contributed by atoms with van der Waals surface area (Å²) in [5.41, 5.74) is 2.14. The van der Waals surface area contributed by atoms with Crippen LogP contribution >= 0.6 is 0 Å². The number of nitrogens with one attached hydrogen (secondary N) is 2. The summed E-state index contributed by atoms with van der Waals surface area (Å²) >= 11 is 0. The molecule has 1 fully saturated rings. The summed E-state index contributed by atoms with van der Waals surface area (Å²) in [6.07, 6.45) is 1.06. The summed E-state index contributed by atoms with van der Waals surface area (Å²) < 4.78 is 5.60. The number of hydrogen-bond donors (Lipinski definition) is 3. The summed E-state index contributed by atoms with van der Waals surface area (Å²) in [5.74, 6) is 4.92. The van der Waals surface area contributed by atoms with E-state index in [0.29, 0.717) is 6.42 Å². The Balaban J connectivity index is 2.26. The number of hydrogen-bond acceptors (Lipinski definition) is 3. The van der Waals surface area contributed by atoms with Gasteiger partial charge in [0.05, 0.1) is 13.0 Å². The van der Waals surface area contributed by atoms with Gasteiger partial charge in [-0.2, -0.15) is 0 Å². The van der Waals surface area contributed by atoms with Crippen molar-refractivity contribution >= 4 is 5.91 Å². The first-order valence-electron chi connectivity index (χ1n) is 5.10. The molecule has 0 spiro atoms. The Morgan fingerprint density at radius 2 is 2.07 bits per heavy atom. The Labute approximate surface area is 84.5 Å². The smallest absolute Gasteiger partial charge is 0.239 e. The van der Waals surface area contributed by atoms with E-state index in [9.17, 15) is 4.79 Å². The van der Waals surface area contributed by atoms with Crippen LogP contribution in [0.25, 0.3) is 0 Å². The zero-order valence-corrected chi connectivity index (χ0v) is 8.88. The van der Waals surface area contributed by atoms with Gasteiger partial charge in [-0.05, 0) is 13.8 Å². The average Bonchev–Trinajstić information content (AvgIpc) is 2.12. The van der Waals surface area contributed by atoms with E-state index in [4.69, 9.17) is 10.6 Å². The van der Waals surface area contributed by atoms with E-state index in [1.807, 2.05) is 0 Å². The molecule has 0 aromatic rings. The fourth-order valence-electron chi connectivity index (χ4n) is 1.96. The molecule has 82 valence electrons. The summed E-state index contributed by atoms with van der Waals surface area (Å²) in [6, 6.07) is 0. The standard InChI is InChI=1S/C9H19N3O2/c1-7-5-12(6-8(2)14-7)4-3-9(13)11-10/h7-8H,3-6,10H2,1-2H3,(H,11,13)/p+1/t7-,8-/m1/s1. The van der Waals surface area contributed by atoms with Crippen molar-refractivity contribution in [2.75, 3.05) is 19.6 Å². The second-order valence-corrected chi connectivity index (χ2v) is 3.98. The minimum Gasteiger partial charge on any atom is -0.364 e. The highest BCUT2D eigenvalue weighted by atomic mass is 16.5. The van der Waals surface area contributed by atoms with Crippen LogP contribution in [0.4, 0.5) is 0 Å². The quantitative estimate of drug-likeness (QED) is 0.283. The zero-order chi connectivity index (χ0) is 10.6. The molecule has 1 amide bonds. The second kappa shape index (κ2) is 5.29. The number of ether oxygens (including phenoxy) is 1. The lowest BCUT2D eigenvalue weighted by Gasteiger charge is -2.32. The topological polar surface area (TPSA) is 68.8 Å². The Kier molecular flexibility index (Phi) is 4.31. The van der Waals surface area contributed by atoms with E-state index in [1.165, 1.54) is 4.90 Å². The first kappa shape index (κ1) is 11.4. The molecular weight excluding hydrogens is 182 g/mol. The van der Waals surface area contributed by atoms with E-state index in [-0.39, 0.29) is 18.1 Å². The van der Waals surface area contributed by atoms with Crippen molar-refractivity contribution in [2.45, 2.75) is 32.5 Å². The average molecular weight is 202 g/mol. The maximum absolute atomic E-state index is 10.9. The molecule has 0 radical (unpaired) electrons. The molecule has 14 heavy (non-hydrogen) atoms. The lowest BCUT2D eigenvalue weighted by Crippen LogP contribution is -3.15. The molecule has 1 rings (SSSR count). The van der Waals surface area contributed by atoms with E-state index < -0.39 is 0 Å². The number of amides is 1. The number of morpholine rings is 1. The first-order valence-corrected chi connectivity index (χ1v) is 5.10. The number of nitrogens with two attached hydrogens (primary N) is 1. The number of quaternary nitrogens is 1. The Hall–Kier alpha value is -0.650. The van der Waals surface area contributed by atoms with Gasteiger partial charge in [0.1, 0.15) is 25.3 Å². The summed E-state index contributed by atoms with van der Waals surface area (Å²) in [4.78, 5) is 12.4. The monoisotopic (exact) mass is 202 g/mol. The van der Waals surface area contributed by atoms with Crippen molar-refractivity contribution in [3.63, 3.8) is 0 Å². The number of hydrazine groups is 1.